The molecule has 0 saturated carbocycles. The zero-order valence-corrected chi connectivity index (χ0v) is 13.4. The molecule has 2 aromatic carbocycles. The Hall–Kier alpha value is -2.39. The summed E-state index contributed by atoms with van der Waals surface area (Å²) in [4.78, 5) is 15.1. The number of fused-ring (bicyclic) bond motifs is 1. The maximum atomic E-state index is 11.9. The van der Waals surface area contributed by atoms with Crippen molar-refractivity contribution in [3.05, 3.63) is 82.5 Å². The van der Waals surface area contributed by atoms with Crippen LogP contribution in [0.5, 0.6) is 0 Å². The van der Waals surface area contributed by atoms with Crippen molar-refractivity contribution < 1.29 is 4.79 Å². The molecule has 0 bridgehead atoms. The number of ketones is 1. The lowest BCUT2D eigenvalue weighted by Crippen LogP contribution is -1.84. The third kappa shape index (κ3) is 3.43. The van der Waals surface area contributed by atoms with Crippen molar-refractivity contribution in [2.24, 2.45) is 0 Å². The second-order valence-corrected chi connectivity index (χ2v) is 5.83. The van der Waals surface area contributed by atoms with Gasteiger partial charge in [-0.3, -0.25) is 4.79 Å². The first-order chi connectivity index (χ1) is 10.7. The summed E-state index contributed by atoms with van der Waals surface area (Å²) in [5.74, 6) is -0.0341. The van der Waals surface area contributed by atoms with Gasteiger partial charge in [-0.1, -0.05) is 52.3 Å². The van der Waals surface area contributed by atoms with Gasteiger partial charge < -0.3 is 4.98 Å². The highest BCUT2D eigenvalue weighted by Gasteiger charge is 1.99. The van der Waals surface area contributed by atoms with Gasteiger partial charge in [-0.15, -0.1) is 0 Å². The first-order valence-corrected chi connectivity index (χ1v) is 7.73. The second-order valence-electron chi connectivity index (χ2n) is 4.91. The minimum atomic E-state index is -0.0341. The van der Waals surface area contributed by atoms with Gasteiger partial charge in [0.25, 0.3) is 0 Å². The van der Waals surface area contributed by atoms with E-state index in [1.807, 2.05) is 66.9 Å². The first kappa shape index (κ1) is 14.5. The fourth-order valence-electron chi connectivity index (χ4n) is 2.21. The van der Waals surface area contributed by atoms with E-state index in [-0.39, 0.29) is 5.78 Å². The molecule has 0 spiro atoms. The van der Waals surface area contributed by atoms with Crippen LogP contribution in [-0.4, -0.2) is 10.8 Å². The van der Waals surface area contributed by atoms with Crippen molar-refractivity contribution in [2.75, 3.05) is 0 Å². The standard InChI is InChI=1S/C19H14BrNO/c20-16-9-5-14(6-10-16)7-11-17(22)12-8-15-13-21-19-4-2-1-3-18(15)19/h1-13,21H. The molecule has 108 valence electrons. The topological polar surface area (TPSA) is 32.9 Å². The van der Waals surface area contributed by atoms with Gasteiger partial charge in [0.1, 0.15) is 0 Å². The molecule has 3 heteroatoms. The van der Waals surface area contributed by atoms with Crippen LogP contribution in [0.4, 0.5) is 0 Å². The molecule has 0 aliphatic carbocycles. The zero-order valence-electron chi connectivity index (χ0n) is 11.8. The quantitative estimate of drug-likeness (QED) is 0.641. The Labute approximate surface area is 137 Å². The third-order valence-corrected chi connectivity index (χ3v) is 3.89. The monoisotopic (exact) mass is 351 g/mol. The molecule has 0 radical (unpaired) electrons. The van der Waals surface area contributed by atoms with E-state index in [2.05, 4.69) is 20.9 Å². The summed E-state index contributed by atoms with van der Waals surface area (Å²) >= 11 is 3.39. The van der Waals surface area contributed by atoms with Crippen LogP contribution in [0, 0.1) is 0 Å². The molecular weight excluding hydrogens is 338 g/mol. The molecular formula is C19H14BrNO. The highest BCUT2D eigenvalue weighted by atomic mass is 79.9. The number of H-pyrrole nitrogens is 1. The molecule has 3 rings (SSSR count). The Morgan fingerprint density at radius 1 is 0.955 bits per heavy atom. The van der Waals surface area contributed by atoms with Crippen molar-refractivity contribution >= 4 is 44.8 Å². The Kier molecular flexibility index (Phi) is 4.35. The van der Waals surface area contributed by atoms with Gasteiger partial charge in [0.05, 0.1) is 0 Å². The maximum absolute atomic E-state index is 11.9. The van der Waals surface area contributed by atoms with Gasteiger partial charge in [-0.25, -0.2) is 0 Å². The number of halogens is 1. The van der Waals surface area contributed by atoms with Crippen LogP contribution in [0.25, 0.3) is 23.1 Å². The lowest BCUT2D eigenvalue weighted by atomic mass is 10.1. The lowest BCUT2D eigenvalue weighted by molar-refractivity contribution is -0.110. The van der Waals surface area contributed by atoms with Crippen LogP contribution in [0.15, 0.2) is 71.4 Å². The van der Waals surface area contributed by atoms with E-state index >= 15 is 0 Å². The summed E-state index contributed by atoms with van der Waals surface area (Å²) in [5, 5.41) is 1.11. The van der Waals surface area contributed by atoms with Crippen LogP contribution in [0.3, 0.4) is 0 Å². The predicted octanol–water partition coefficient (Wildman–Crippen LogP) is 5.23. The summed E-state index contributed by atoms with van der Waals surface area (Å²) in [5.41, 5.74) is 3.08. The van der Waals surface area contributed by atoms with Crippen molar-refractivity contribution in [1.82, 2.24) is 4.98 Å². The summed E-state index contributed by atoms with van der Waals surface area (Å²) < 4.78 is 1.02. The number of aromatic nitrogens is 1. The molecule has 0 unspecified atom stereocenters. The van der Waals surface area contributed by atoms with Gasteiger partial charge >= 0.3 is 0 Å². The van der Waals surface area contributed by atoms with E-state index in [0.29, 0.717) is 0 Å². The molecule has 1 N–H and O–H groups in total. The lowest BCUT2D eigenvalue weighted by Gasteiger charge is -1.93. The van der Waals surface area contributed by atoms with E-state index < -0.39 is 0 Å². The normalized spacial score (nSPS) is 11.7. The predicted molar refractivity (Wildman–Crippen MR) is 95.5 cm³/mol. The minimum Gasteiger partial charge on any atom is -0.361 e. The van der Waals surface area contributed by atoms with Gasteiger partial charge in [-0.05, 0) is 47.6 Å². The van der Waals surface area contributed by atoms with Crippen molar-refractivity contribution in [3.63, 3.8) is 0 Å². The number of carbonyl (C=O) groups excluding carboxylic acids is 1. The van der Waals surface area contributed by atoms with Gasteiger partial charge in [0, 0.05) is 21.6 Å². The van der Waals surface area contributed by atoms with Crippen molar-refractivity contribution in [3.8, 4) is 0 Å². The Morgan fingerprint density at radius 2 is 1.68 bits per heavy atom. The first-order valence-electron chi connectivity index (χ1n) is 6.94. The second kappa shape index (κ2) is 6.58. The Bertz CT molecular complexity index is 857. The molecule has 0 saturated heterocycles. The Morgan fingerprint density at radius 3 is 2.50 bits per heavy atom. The van der Waals surface area contributed by atoms with Crippen LogP contribution in [0.1, 0.15) is 11.1 Å². The molecule has 0 aliphatic heterocycles. The molecule has 0 atom stereocenters. The van der Waals surface area contributed by atoms with E-state index in [0.717, 1.165) is 26.5 Å². The molecule has 0 amide bonds. The highest BCUT2D eigenvalue weighted by Crippen LogP contribution is 2.18. The maximum Gasteiger partial charge on any atom is 0.178 e. The molecule has 22 heavy (non-hydrogen) atoms. The van der Waals surface area contributed by atoms with Crippen molar-refractivity contribution in [2.45, 2.75) is 0 Å². The number of allylic oxidation sites excluding steroid dienone is 2. The fourth-order valence-corrected chi connectivity index (χ4v) is 2.48. The summed E-state index contributed by atoms with van der Waals surface area (Å²) in [6.07, 6.45) is 8.73. The third-order valence-electron chi connectivity index (χ3n) is 3.36. The number of hydrogen-bond donors (Lipinski definition) is 1. The van der Waals surface area contributed by atoms with E-state index in [9.17, 15) is 4.79 Å². The highest BCUT2D eigenvalue weighted by molar-refractivity contribution is 9.10. The van der Waals surface area contributed by atoms with Gasteiger partial charge in [-0.2, -0.15) is 0 Å². The molecule has 3 aromatic rings. The SMILES string of the molecule is O=C(C=Cc1ccc(Br)cc1)C=Cc1c[nH]c2ccccc12. The summed E-state index contributed by atoms with van der Waals surface area (Å²) in [7, 11) is 0. The van der Waals surface area contributed by atoms with Crippen LogP contribution in [-0.2, 0) is 4.79 Å². The van der Waals surface area contributed by atoms with Crippen LogP contribution in [0.2, 0.25) is 0 Å². The summed E-state index contributed by atoms with van der Waals surface area (Å²) in [6, 6.07) is 15.8. The Balaban J connectivity index is 1.72. The smallest absolute Gasteiger partial charge is 0.178 e. The number of aromatic amines is 1. The van der Waals surface area contributed by atoms with Crippen LogP contribution < -0.4 is 0 Å². The number of para-hydroxylation sites is 1. The number of rotatable bonds is 4. The van der Waals surface area contributed by atoms with Gasteiger partial charge in [0.15, 0.2) is 5.78 Å². The molecule has 0 aliphatic rings. The number of benzene rings is 2. The zero-order chi connectivity index (χ0) is 15.4. The van der Waals surface area contributed by atoms with E-state index in [1.54, 1.807) is 12.2 Å². The number of carbonyl (C=O) groups is 1. The molecule has 0 fully saturated rings. The number of nitrogens with one attached hydrogen (secondary N) is 1. The van der Waals surface area contributed by atoms with Crippen molar-refractivity contribution in [1.29, 1.82) is 0 Å². The molecule has 1 aromatic heterocycles. The average molecular weight is 352 g/mol. The number of hydrogen-bond acceptors (Lipinski definition) is 1. The molecule has 2 nitrogen and oxygen atoms in total. The van der Waals surface area contributed by atoms with Gasteiger partial charge in [0.2, 0.25) is 0 Å². The summed E-state index contributed by atoms with van der Waals surface area (Å²) in [6.45, 7) is 0. The largest absolute Gasteiger partial charge is 0.361 e. The molecule has 1 heterocycles. The van der Waals surface area contributed by atoms with E-state index in [1.165, 1.54) is 0 Å². The average Bonchev–Trinajstić information content (AvgIpc) is 2.96. The van der Waals surface area contributed by atoms with Crippen LogP contribution >= 0.6 is 15.9 Å². The van der Waals surface area contributed by atoms with E-state index in [4.69, 9.17) is 0 Å². The minimum absolute atomic E-state index is 0.0341. The fraction of sp³-hybridized carbons (Fsp3) is 0.